The van der Waals surface area contributed by atoms with Crippen molar-refractivity contribution in [3.63, 3.8) is 0 Å². The second-order valence-corrected chi connectivity index (χ2v) is 4.63. The molecule has 0 spiro atoms. The van der Waals surface area contributed by atoms with Gasteiger partial charge in [-0.1, -0.05) is 26.0 Å². The minimum atomic E-state index is -2.85. The topological polar surface area (TPSA) is 35.5 Å². The van der Waals surface area contributed by atoms with E-state index in [2.05, 4.69) is 4.74 Å². The molecule has 0 N–H and O–H groups in total. The molecule has 0 aliphatic rings. The van der Waals surface area contributed by atoms with E-state index in [1.165, 1.54) is 12.1 Å². The van der Waals surface area contributed by atoms with Gasteiger partial charge in [-0.15, -0.1) is 0 Å². The average molecular weight is 280 g/mol. The van der Waals surface area contributed by atoms with Gasteiger partial charge in [0.2, 0.25) is 0 Å². The quantitative estimate of drug-likeness (QED) is 0.627. The molecule has 0 atom stereocenters. The van der Waals surface area contributed by atoms with Crippen LogP contribution < -0.4 is 9.47 Å². The van der Waals surface area contributed by atoms with Crippen LogP contribution in [0.25, 0.3) is 10.8 Å². The Kier molecular flexibility index (Phi) is 4.17. The fourth-order valence-corrected chi connectivity index (χ4v) is 1.68. The normalized spacial score (nSPS) is 11.1. The van der Waals surface area contributed by atoms with Crippen LogP contribution >= 0.6 is 0 Å². The number of hydrogen-bond donors (Lipinski definition) is 0. The Hall–Kier alpha value is -2.17. The SMILES string of the molecule is CC(C)C(=O)Oc1ccc2cc(OC(F)F)ccc2c1. The second kappa shape index (κ2) is 5.86. The summed E-state index contributed by atoms with van der Waals surface area (Å²) in [5.41, 5.74) is 0. The van der Waals surface area contributed by atoms with E-state index in [0.29, 0.717) is 5.75 Å². The number of carbonyl (C=O) groups excluding carboxylic acids is 1. The van der Waals surface area contributed by atoms with Gasteiger partial charge in [-0.25, -0.2) is 0 Å². The summed E-state index contributed by atoms with van der Waals surface area (Å²) in [6.45, 7) is 0.646. The highest BCUT2D eigenvalue weighted by atomic mass is 19.3. The molecule has 5 heteroatoms. The summed E-state index contributed by atoms with van der Waals surface area (Å²) < 4.78 is 33.8. The number of alkyl halides is 2. The lowest BCUT2D eigenvalue weighted by atomic mass is 10.1. The summed E-state index contributed by atoms with van der Waals surface area (Å²) >= 11 is 0. The van der Waals surface area contributed by atoms with E-state index >= 15 is 0 Å². The van der Waals surface area contributed by atoms with Crippen LogP contribution in [0.1, 0.15) is 13.8 Å². The van der Waals surface area contributed by atoms with E-state index in [4.69, 9.17) is 4.74 Å². The predicted molar refractivity (Wildman–Crippen MR) is 71.1 cm³/mol. The van der Waals surface area contributed by atoms with E-state index in [0.717, 1.165) is 10.8 Å². The zero-order valence-corrected chi connectivity index (χ0v) is 11.1. The molecule has 106 valence electrons. The van der Waals surface area contributed by atoms with Gasteiger partial charge in [0.1, 0.15) is 11.5 Å². The van der Waals surface area contributed by atoms with E-state index in [9.17, 15) is 13.6 Å². The van der Waals surface area contributed by atoms with Crippen LogP contribution in [0.15, 0.2) is 36.4 Å². The molecule has 0 radical (unpaired) electrons. The molecule has 0 bridgehead atoms. The Balaban J connectivity index is 2.25. The lowest BCUT2D eigenvalue weighted by Gasteiger charge is -2.09. The van der Waals surface area contributed by atoms with Gasteiger partial charge in [0.15, 0.2) is 0 Å². The van der Waals surface area contributed by atoms with Crippen molar-refractivity contribution in [2.45, 2.75) is 20.5 Å². The highest BCUT2D eigenvalue weighted by molar-refractivity contribution is 5.86. The van der Waals surface area contributed by atoms with Crippen molar-refractivity contribution in [3.8, 4) is 11.5 Å². The third kappa shape index (κ3) is 3.44. The van der Waals surface area contributed by atoms with Gasteiger partial charge in [-0.2, -0.15) is 8.78 Å². The molecule has 0 amide bonds. The van der Waals surface area contributed by atoms with Gasteiger partial charge in [-0.3, -0.25) is 4.79 Å². The monoisotopic (exact) mass is 280 g/mol. The van der Waals surface area contributed by atoms with E-state index in [-0.39, 0.29) is 17.6 Å². The van der Waals surface area contributed by atoms with Crippen molar-refractivity contribution >= 4 is 16.7 Å². The summed E-state index contributed by atoms with van der Waals surface area (Å²) in [7, 11) is 0. The molecule has 2 rings (SSSR count). The third-order valence-electron chi connectivity index (χ3n) is 2.70. The maximum absolute atomic E-state index is 12.1. The largest absolute Gasteiger partial charge is 0.435 e. The first-order chi connectivity index (χ1) is 9.45. The fraction of sp³-hybridized carbons (Fsp3) is 0.267. The van der Waals surface area contributed by atoms with Crippen molar-refractivity contribution in [2.24, 2.45) is 5.92 Å². The summed E-state index contributed by atoms with van der Waals surface area (Å²) in [4.78, 5) is 11.5. The Labute approximate surface area is 115 Å². The van der Waals surface area contributed by atoms with Crippen molar-refractivity contribution in [3.05, 3.63) is 36.4 Å². The van der Waals surface area contributed by atoms with Crippen LogP contribution in [0.2, 0.25) is 0 Å². The molecule has 2 aromatic rings. The summed E-state index contributed by atoms with van der Waals surface area (Å²) in [6, 6.07) is 9.59. The maximum atomic E-state index is 12.1. The zero-order valence-electron chi connectivity index (χ0n) is 11.1. The van der Waals surface area contributed by atoms with E-state index in [1.807, 2.05) is 0 Å². The van der Waals surface area contributed by atoms with Gasteiger partial charge in [0.05, 0.1) is 5.92 Å². The number of fused-ring (bicyclic) bond motifs is 1. The predicted octanol–water partition coefficient (Wildman–Crippen LogP) is 4.00. The minimum Gasteiger partial charge on any atom is -0.435 e. The number of rotatable bonds is 4. The Bertz CT molecular complexity index is 624. The molecule has 2 aromatic carbocycles. The van der Waals surface area contributed by atoms with Crippen LogP contribution in [-0.2, 0) is 4.79 Å². The summed E-state index contributed by atoms with van der Waals surface area (Å²) in [5.74, 6) is -0.00679. The molecule has 0 aliphatic carbocycles. The lowest BCUT2D eigenvalue weighted by molar-refractivity contribution is -0.137. The molecule has 0 heterocycles. The van der Waals surface area contributed by atoms with Crippen molar-refractivity contribution in [1.29, 1.82) is 0 Å². The number of carbonyl (C=O) groups is 1. The standard InChI is InChI=1S/C15H14F2O3/c1-9(2)14(18)19-12-5-3-11-8-13(20-15(16)17)6-4-10(11)7-12/h3-9,15H,1-2H3. The van der Waals surface area contributed by atoms with Gasteiger partial charge in [0, 0.05) is 0 Å². The third-order valence-corrected chi connectivity index (χ3v) is 2.70. The highest BCUT2D eigenvalue weighted by Gasteiger charge is 2.10. The first kappa shape index (κ1) is 14.2. The number of esters is 1. The molecule has 3 nitrogen and oxygen atoms in total. The van der Waals surface area contributed by atoms with Crippen LogP contribution in [0.5, 0.6) is 11.5 Å². The Morgan fingerprint density at radius 3 is 2.10 bits per heavy atom. The van der Waals surface area contributed by atoms with Gasteiger partial charge >= 0.3 is 12.6 Å². The molecule has 0 aromatic heterocycles. The summed E-state index contributed by atoms with van der Waals surface area (Å²) in [5, 5.41) is 1.51. The van der Waals surface area contributed by atoms with Crippen LogP contribution in [-0.4, -0.2) is 12.6 Å². The van der Waals surface area contributed by atoms with Crippen molar-refractivity contribution in [2.75, 3.05) is 0 Å². The number of halogens is 2. The molecule has 0 fully saturated rings. The van der Waals surface area contributed by atoms with Gasteiger partial charge in [0.25, 0.3) is 0 Å². The van der Waals surface area contributed by atoms with Crippen molar-refractivity contribution < 1.29 is 23.0 Å². The molecule has 0 aliphatic heterocycles. The minimum absolute atomic E-state index is 0.0967. The summed E-state index contributed by atoms with van der Waals surface area (Å²) in [6.07, 6.45) is 0. The second-order valence-electron chi connectivity index (χ2n) is 4.63. The average Bonchev–Trinajstić information content (AvgIpc) is 2.38. The van der Waals surface area contributed by atoms with E-state index in [1.54, 1.807) is 38.1 Å². The fourth-order valence-electron chi connectivity index (χ4n) is 1.68. The molecule has 0 saturated heterocycles. The first-order valence-corrected chi connectivity index (χ1v) is 6.16. The maximum Gasteiger partial charge on any atom is 0.387 e. The van der Waals surface area contributed by atoms with Gasteiger partial charge in [-0.05, 0) is 35.0 Å². The molecule has 0 unspecified atom stereocenters. The van der Waals surface area contributed by atoms with Crippen LogP contribution in [0.3, 0.4) is 0 Å². The zero-order chi connectivity index (χ0) is 14.7. The van der Waals surface area contributed by atoms with Crippen LogP contribution in [0.4, 0.5) is 8.78 Å². The smallest absolute Gasteiger partial charge is 0.387 e. The van der Waals surface area contributed by atoms with Crippen LogP contribution in [0, 0.1) is 5.92 Å². The first-order valence-electron chi connectivity index (χ1n) is 6.16. The van der Waals surface area contributed by atoms with E-state index < -0.39 is 6.61 Å². The molecular weight excluding hydrogens is 266 g/mol. The van der Waals surface area contributed by atoms with Gasteiger partial charge < -0.3 is 9.47 Å². The van der Waals surface area contributed by atoms with Crippen molar-refractivity contribution in [1.82, 2.24) is 0 Å². The molecule has 0 saturated carbocycles. The highest BCUT2D eigenvalue weighted by Crippen LogP contribution is 2.26. The molecular formula is C15H14F2O3. The lowest BCUT2D eigenvalue weighted by Crippen LogP contribution is -2.14. The Morgan fingerprint density at radius 2 is 1.55 bits per heavy atom. The Morgan fingerprint density at radius 1 is 1.00 bits per heavy atom. The molecule has 20 heavy (non-hydrogen) atoms. The number of benzene rings is 2. The number of ether oxygens (including phenoxy) is 2. The number of hydrogen-bond acceptors (Lipinski definition) is 3.